The van der Waals surface area contributed by atoms with Crippen molar-refractivity contribution < 1.29 is 14.0 Å². The largest absolute Gasteiger partial charge is 0.342 e. The third-order valence-electron chi connectivity index (χ3n) is 4.27. The molecule has 0 unspecified atom stereocenters. The first-order chi connectivity index (χ1) is 15.0. The van der Waals surface area contributed by atoms with Gasteiger partial charge in [0.25, 0.3) is 5.91 Å². The zero-order chi connectivity index (χ0) is 22.2. The smallest absolute Gasteiger partial charge is 0.251 e. The van der Waals surface area contributed by atoms with E-state index in [1.807, 2.05) is 13.0 Å². The summed E-state index contributed by atoms with van der Waals surface area (Å²) in [6.45, 7) is 5.99. The number of nitrogens with one attached hydrogen (secondary N) is 2. The molecular weight excluding hydrogens is 417 g/mol. The van der Waals surface area contributed by atoms with Gasteiger partial charge < -0.3 is 15.2 Å². The summed E-state index contributed by atoms with van der Waals surface area (Å²) in [5.41, 5.74) is 0.934. The van der Waals surface area contributed by atoms with Crippen LogP contribution in [0, 0.1) is 5.82 Å². The van der Waals surface area contributed by atoms with Gasteiger partial charge in [0, 0.05) is 17.8 Å². The van der Waals surface area contributed by atoms with Gasteiger partial charge in [-0.2, -0.15) is 0 Å². The second kappa shape index (κ2) is 10.5. The zero-order valence-electron chi connectivity index (χ0n) is 16.9. The molecule has 2 N–H and O–H groups in total. The minimum Gasteiger partial charge on any atom is -0.342 e. The minimum atomic E-state index is -0.424. The molecule has 9 heteroatoms. The number of nitrogens with zero attached hydrogens (tertiary/aromatic N) is 3. The van der Waals surface area contributed by atoms with Gasteiger partial charge in [0.15, 0.2) is 11.0 Å². The molecule has 160 valence electrons. The molecule has 1 heterocycles. The highest BCUT2D eigenvalue weighted by atomic mass is 32.2. The average Bonchev–Trinajstić information content (AvgIpc) is 3.16. The standard InChI is InChI=1S/C22H22FN5O2S/c1-3-12-28-20(15(2)24-21(30)16-8-5-4-6-9-16)26-27-22(28)31-14-19(29)25-18-11-7-10-17(23)13-18/h3-11,13,15H,1,12,14H2,2H3,(H,24,30)(H,25,29)/t15-/m1/s1. The van der Waals surface area contributed by atoms with Crippen LogP contribution in [-0.4, -0.2) is 32.3 Å². The summed E-state index contributed by atoms with van der Waals surface area (Å²) in [4.78, 5) is 24.7. The van der Waals surface area contributed by atoms with E-state index in [0.29, 0.717) is 28.8 Å². The molecule has 0 aliphatic carbocycles. The van der Waals surface area contributed by atoms with Crippen LogP contribution in [0.1, 0.15) is 29.1 Å². The summed E-state index contributed by atoms with van der Waals surface area (Å²) in [7, 11) is 0. The number of carbonyl (C=O) groups is 2. The number of rotatable bonds is 9. The number of aromatic nitrogens is 3. The van der Waals surface area contributed by atoms with E-state index >= 15 is 0 Å². The Morgan fingerprint density at radius 2 is 1.97 bits per heavy atom. The van der Waals surface area contributed by atoms with E-state index < -0.39 is 11.9 Å². The molecule has 0 spiro atoms. The molecule has 2 aromatic carbocycles. The Bertz CT molecular complexity index is 1070. The third-order valence-corrected chi connectivity index (χ3v) is 5.24. The molecule has 7 nitrogen and oxygen atoms in total. The molecule has 0 fully saturated rings. The molecule has 0 radical (unpaired) electrons. The fraction of sp³-hybridized carbons (Fsp3) is 0.182. The number of thioether (sulfide) groups is 1. The Balaban J connectivity index is 1.66. The fourth-order valence-electron chi connectivity index (χ4n) is 2.86. The number of carbonyl (C=O) groups excluding carboxylic acids is 2. The molecule has 0 aliphatic rings. The van der Waals surface area contributed by atoms with E-state index in [0.717, 1.165) is 0 Å². The highest BCUT2D eigenvalue weighted by molar-refractivity contribution is 7.99. The van der Waals surface area contributed by atoms with Crippen LogP contribution < -0.4 is 10.6 Å². The molecule has 0 bridgehead atoms. The van der Waals surface area contributed by atoms with Crippen molar-refractivity contribution in [2.75, 3.05) is 11.1 Å². The van der Waals surface area contributed by atoms with Crippen molar-refractivity contribution in [1.82, 2.24) is 20.1 Å². The Labute approximate surface area is 183 Å². The summed E-state index contributed by atoms with van der Waals surface area (Å²) < 4.78 is 15.1. The van der Waals surface area contributed by atoms with Crippen LogP contribution in [0.15, 0.2) is 72.4 Å². The first-order valence-corrected chi connectivity index (χ1v) is 10.5. The van der Waals surface area contributed by atoms with Crippen molar-refractivity contribution in [3.63, 3.8) is 0 Å². The van der Waals surface area contributed by atoms with Gasteiger partial charge in [0.2, 0.25) is 5.91 Å². The van der Waals surface area contributed by atoms with Gasteiger partial charge in [0.1, 0.15) is 5.82 Å². The lowest BCUT2D eigenvalue weighted by Gasteiger charge is -2.15. The first kappa shape index (κ1) is 22.2. The molecule has 3 rings (SSSR count). The summed E-state index contributed by atoms with van der Waals surface area (Å²) in [5, 5.41) is 14.4. The number of anilines is 1. The van der Waals surface area contributed by atoms with Crippen LogP contribution in [0.4, 0.5) is 10.1 Å². The first-order valence-electron chi connectivity index (χ1n) is 9.56. The number of allylic oxidation sites excluding steroid dienone is 1. The van der Waals surface area contributed by atoms with Crippen molar-refractivity contribution in [2.45, 2.75) is 24.7 Å². The molecule has 1 aromatic heterocycles. The topological polar surface area (TPSA) is 88.9 Å². The number of benzene rings is 2. The number of hydrogen-bond donors (Lipinski definition) is 2. The third kappa shape index (κ3) is 6.02. The normalized spacial score (nSPS) is 11.5. The minimum absolute atomic E-state index is 0.0660. The lowest BCUT2D eigenvalue weighted by atomic mass is 10.2. The fourth-order valence-corrected chi connectivity index (χ4v) is 3.61. The Kier molecular flexibility index (Phi) is 7.55. The lowest BCUT2D eigenvalue weighted by Crippen LogP contribution is -2.28. The Hall–Kier alpha value is -3.46. The van der Waals surface area contributed by atoms with Gasteiger partial charge in [-0.15, -0.1) is 16.8 Å². The Morgan fingerprint density at radius 1 is 1.19 bits per heavy atom. The highest BCUT2D eigenvalue weighted by Crippen LogP contribution is 2.21. The molecule has 3 aromatic rings. The number of amides is 2. The molecule has 0 saturated carbocycles. The summed E-state index contributed by atoms with van der Waals surface area (Å²) in [5.74, 6) is -0.318. The SMILES string of the molecule is C=CCn1c(SCC(=O)Nc2cccc(F)c2)nnc1[C@@H](C)NC(=O)c1ccccc1. The van der Waals surface area contributed by atoms with E-state index in [1.54, 1.807) is 41.0 Å². The van der Waals surface area contributed by atoms with Crippen LogP contribution in [0.25, 0.3) is 0 Å². The predicted molar refractivity (Wildman–Crippen MR) is 118 cm³/mol. The van der Waals surface area contributed by atoms with Crippen molar-refractivity contribution in [1.29, 1.82) is 0 Å². The Morgan fingerprint density at radius 3 is 2.68 bits per heavy atom. The molecule has 0 aliphatic heterocycles. The van der Waals surface area contributed by atoms with Gasteiger partial charge in [-0.1, -0.05) is 42.1 Å². The van der Waals surface area contributed by atoms with Gasteiger partial charge >= 0.3 is 0 Å². The monoisotopic (exact) mass is 439 g/mol. The van der Waals surface area contributed by atoms with Crippen LogP contribution in [0.3, 0.4) is 0 Å². The van der Waals surface area contributed by atoms with Crippen LogP contribution in [0.5, 0.6) is 0 Å². The van der Waals surface area contributed by atoms with E-state index in [4.69, 9.17) is 0 Å². The van der Waals surface area contributed by atoms with Gasteiger partial charge in [-0.05, 0) is 37.3 Å². The second-order valence-electron chi connectivity index (χ2n) is 6.65. The van der Waals surface area contributed by atoms with Gasteiger partial charge in [-0.25, -0.2) is 4.39 Å². The molecule has 31 heavy (non-hydrogen) atoms. The summed E-state index contributed by atoms with van der Waals surface area (Å²) in [6.07, 6.45) is 1.69. The predicted octanol–water partition coefficient (Wildman–Crippen LogP) is 3.83. The maximum Gasteiger partial charge on any atom is 0.251 e. The quantitative estimate of drug-likeness (QED) is 0.391. The van der Waals surface area contributed by atoms with Crippen molar-refractivity contribution in [3.05, 3.63) is 84.5 Å². The highest BCUT2D eigenvalue weighted by Gasteiger charge is 2.20. The molecule has 0 saturated heterocycles. The van der Waals surface area contributed by atoms with Crippen LogP contribution in [0.2, 0.25) is 0 Å². The van der Waals surface area contributed by atoms with Crippen molar-refractivity contribution in [3.8, 4) is 0 Å². The second-order valence-corrected chi connectivity index (χ2v) is 7.59. The maximum absolute atomic E-state index is 13.3. The van der Waals surface area contributed by atoms with E-state index in [9.17, 15) is 14.0 Å². The van der Waals surface area contributed by atoms with Gasteiger partial charge in [0.05, 0.1) is 11.8 Å². The van der Waals surface area contributed by atoms with Crippen LogP contribution >= 0.6 is 11.8 Å². The maximum atomic E-state index is 13.3. The van der Waals surface area contributed by atoms with E-state index in [-0.39, 0.29) is 17.6 Å². The average molecular weight is 440 g/mol. The summed E-state index contributed by atoms with van der Waals surface area (Å²) >= 11 is 1.20. The lowest BCUT2D eigenvalue weighted by molar-refractivity contribution is -0.113. The molecular formula is C22H22FN5O2S. The molecule has 2 amide bonds. The van der Waals surface area contributed by atoms with Crippen LogP contribution in [-0.2, 0) is 11.3 Å². The van der Waals surface area contributed by atoms with E-state index in [1.165, 1.54) is 30.0 Å². The van der Waals surface area contributed by atoms with E-state index in [2.05, 4.69) is 27.4 Å². The van der Waals surface area contributed by atoms with Crippen molar-refractivity contribution >= 4 is 29.3 Å². The number of halogens is 1. The van der Waals surface area contributed by atoms with Crippen molar-refractivity contribution in [2.24, 2.45) is 0 Å². The number of hydrogen-bond acceptors (Lipinski definition) is 5. The van der Waals surface area contributed by atoms with Gasteiger partial charge in [-0.3, -0.25) is 9.59 Å². The molecule has 1 atom stereocenters. The zero-order valence-corrected chi connectivity index (χ0v) is 17.7. The summed E-state index contributed by atoms with van der Waals surface area (Å²) in [6, 6.07) is 14.2.